The van der Waals surface area contributed by atoms with Crippen molar-refractivity contribution in [2.24, 2.45) is 0 Å². The van der Waals surface area contributed by atoms with Crippen LogP contribution in [0, 0.1) is 12.7 Å². The van der Waals surface area contributed by atoms with Gasteiger partial charge in [0.05, 0.1) is 11.2 Å². The number of nitrogens with zero attached hydrogens (tertiary/aromatic N) is 2. The minimum absolute atomic E-state index is 0.176. The summed E-state index contributed by atoms with van der Waals surface area (Å²) in [5.41, 5.74) is 2.78. The van der Waals surface area contributed by atoms with Crippen LogP contribution in [0.2, 0.25) is 0 Å². The highest BCUT2D eigenvalue weighted by Gasteiger charge is 2.13. The molecule has 0 atom stereocenters. The summed E-state index contributed by atoms with van der Waals surface area (Å²) in [4.78, 5) is 29.6. The number of aryl methyl sites for hydroxylation is 2. The van der Waals surface area contributed by atoms with Crippen LogP contribution in [0.15, 0.2) is 57.7 Å². The fraction of sp³-hybridized carbons (Fsp3) is 0.190. The molecule has 2 heterocycles. The molecule has 0 bridgehead atoms. The fourth-order valence-corrected chi connectivity index (χ4v) is 3.98. The van der Waals surface area contributed by atoms with E-state index in [-0.39, 0.29) is 18.1 Å². The van der Waals surface area contributed by atoms with Crippen LogP contribution in [0.25, 0.3) is 22.4 Å². The van der Waals surface area contributed by atoms with Crippen molar-refractivity contribution in [3.05, 3.63) is 69.8 Å². The van der Waals surface area contributed by atoms with Gasteiger partial charge in [0.15, 0.2) is 10.7 Å². The maximum Gasteiger partial charge on any atom is 0.419 e. The van der Waals surface area contributed by atoms with Gasteiger partial charge >= 0.3 is 5.76 Å². The fourth-order valence-electron chi connectivity index (χ4n) is 3.13. The van der Waals surface area contributed by atoms with Crippen LogP contribution in [-0.4, -0.2) is 15.5 Å². The summed E-state index contributed by atoms with van der Waals surface area (Å²) in [5, 5.41) is 3.30. The molecule has 0 aliphatic heterocycles. The zero-order chi connectivity index (χ0) is 20.4. The van der Waals surface area contributed by atoms with Crippen molar-refractivity contribution < 1.29 is 13.6 Å². The number of halogens is 1. The van der Waals surface area contributed by atoms with Crippen molar-refractivity contribution in [1.82, 2.24) is 9.55 Å². The minimum Gasteiger partial charge on any atom is -0.408 e. The van der Waals surface area contributed by atoms with E-state index >= 15 is 0 Å². The van der Waals surface area contributed by atoms with E-state index in [1.807, 2.05) is 19.1 Å². The summed E-state index contributed by atoms with van der Waals surface area (Å²) in [7, 11) is 0. The Morgan fingerprint density at radius 3 is 2.76 bits per heavy atom. The van der Waals surface area contributed by atoms with E-state index in [0.29, 0.717) is 23.7 Å². The first-order chi connectivity index (χ1) is 14.0. The number of aromatic nitrogens is 2. The molecule has 4 aromatic rings. The maximum absolute atomic E-state index is 13.1. The van der Waals surface area contributed by atoms with Crippen molar-refractivity contribution >= 4 is 33.5 Å². The van der Waals surface area contributed by atoms with Gasteiger partial charge < -0.3 is 9.73 Å². The smallest absolute Gasteiger partial charge is 0.408 e. The van der Waals surface area contributed by atoms with Gasteiger partial charge in [-0.25, -0.2) is 14.2 Å². The molecular formula is C21H18FN3O3S. The molecule has 0 saturated heterocycles. The monoisotopic (exact) mass is 411 g/mol. The first kappa shape index (κ1) is 19.1. The first-order valence-corrected chi connectivity index (χ1v) is 9.94. The zero-order valence-electron chi connectivity index (χ0n) is 15.6. The Hall–Kier alpha value is -3.26. The summed E-state index contributed by atoms with van der Waals surface area (Å²) >= 11 is 1.37. The molecule has 2 aromatic heterocycles. The lowest BCUT2D eigenvalue weighted by atomic mass is 10.1. The summed E-state index contributed by atoms with van der Waals surface area (Å²) in [6.07, 6.45) is 0.737. The third kappa shape index (κ3) is 4.12. The Morgan fingerprint density at radius 1 is 1.21 bits per heavy atom. The van der Waals surface area contributed by atoms with Crippen molar-refractivity contribution in [2.75, 3.05) is 5.32 Å². The van der Waals surface area contributed by atoms with E-state index in [1.54, 1.807) is 24.3 Å². The number of benzene rings is 2. The molecule has 0 aliphatic rings. The molecule has 0 saturated carbocycles. The van der Waals surface area contributed by atoms with Crippen LogP contribution in [0.1, 0.15) is 17.7 Å². The predicted molar refractivity (Wildman–Crippen MR) is 111 cm³/mol. The number of hydrogen-bond acceptors (Lipinski definition) is 5. The third-order valence-corrected chi connectivity index (χ3v) is 5.41. The van der Waals surface area contributed by atoms with E-state index in [4.69, 9.17) is 4.42 Å². The van der Waals surface area contributed by atoms with Gasteiger partial charge in [-0.15, -0.1) is 11.3 Å². The number of hydrogen-bond donors (Lipinski definition) is 1. The van der Waals surface area contributed by atoms with Gasteiger partial charge in [0.1, 0.15) is 5.82 Å². The molecule has 4 rings (SSSR count). The number of fused-ring (bicyclic) bond motifs is 1. The van der Waals surface area contributed by atoms with Crippen LogP contribution in [0.4, 0.5) is 9.52 Å². The van der Waals surface area contributed by atoms with E-state index in [0.717, 1.165) is 21.7 Å². The van der Waals surface area contributed by atoms with E-state index in [2.05, 4.69) is 10.3 Å². The second kappa shape index (κ2) is 8.00. The van der Waals surface area contributed by atoms with E-state index in [9.17, 15) is 14.0 Å². The Bertz CT molecular complexity index is 1220. The number of thiazole rings is 1. The Labute approximate surface area is 169 Å². The normalized spacial score (nSPS) is 11.1. The van der Waals surface area contributed by atoms with Gasteiger partial charge in [-0.3, -0.25) is 9.36 Å². The van der Waals surface area contributed by atoms with Crippen LogP contribution in [0.3, 0.4) is 0 Å². The quantitative estimate of drug-likeness (QED) is 0.504. The number of para-hydroxylation sites is 2. The molecule has 1 amide bonds. The van der Waals surface area contributed by atoms with Gasteiger partial charge in [-0.05, 0) is 49.7 Å². The zero-order valence-corrected chi connectivity index (χ0v) is 16.5. The van der Waals surface area contributed by atoms with Gasteiger partial charge in [0.2, 0.25) is 5.91 Å². The standard InChI is InChI=1S/C21H18FN3O3S/c1-13-19(14-8-10-15(22)11-9-14)24-20(29-13)23-18(26)7-4-12-25-16-5-2-3-6-17(16)28-21(25)27/h2-3,5-6,8-11H,4,7,12H2,1H3,(H,23,24,26). The molecule has 6 nitrogen and oxygen atoms in total. The highest BCUT2D eigenvalue weighted by Crippen LogP contribution is 2.30. The average molecular weight is 411 g/mol. The van der Waals surface area contributed by atoms with E-state index < -0.39 is 5.76 Å². The lowest BCUT2D eigenvalue weighted by molar-refractivity contribution is -0.116. The molecule has 1 N–H and O–H groups in total. The largest absolute Gasteiger partial charge is 0.419 e. The van der Waals surface area contributed by atoms with Crippen molar-refractivity contribution in [3.8, 4) is 11.3 Å². The number of carbonyl (C=O) groups is 1. The van der Waals surface area contributed by atoms with Gasteiger partial charge in [0, 0.05) is 23.4 Å². The lowest BCUT2D eigenvalue weighted by Gasteiger charge is -2.03. The summed E-state index contributed by atoms with van der Waals surface area (Å²) in [6.45, 7) is 2.30. The molecule has 0 radical (unpaired) electrons. The molecule has 0 fully saturated rings. The van der Waals surface area contributed by atoms with Crippen LogP contribution in [0.5, 0.6) is 0 Å². The summed E-state index contributed by atoms with van der Waals surface area (Å²) < 4.78 is 19.8. The molecular weight excluding hydrogens is 393 g/mol. The van der Waals surface area contributed by atoms with Crippen molar-refractivity contribution in [2.45, 2.75) is 26.3 Å². The molecule has 29 heavy (non-hydrogen) atoms. The van der Waals surface area contributed by atoms with Crippen LogP contribution >= 0.6 is 11.3 Å². The molecule has 0 unspecified atom stereocenters. The number of rotatable bonds is 6. The molecule has 2 aromatic carbocycles. The molecule has 0 spiro atoms. The predicted octanol–water partition coefficient (Wildman–Crippen LogP) is 4.58. The number of oxazole rings is 1. The Kier molecular flexibility index (Phi) is 5.26. The highest BCUT2D eigenvalue weighted by molar-refractivity contribution is 7.16. The first-order valence-electron chi connectivity index (χ1n) is 9.13. The lowest BCUT2D eigenvalue weighted by Crippen LogP contribution is -2.17. The highest BCUT2D eigenvalue weighted by atomic mass is 32.1. The number of amides is 1. The molecule has 0 aliphatic carbocycles. The van der Waals surface area contributed by atoms with Crippen molar-refractivity contribution in [1.29, 1.82) is 0 Å². The van der Waals surface area contributed by atoms with Gasteiger partial charge in [-0.1, -0.05) is 12.1 Å². The number of anilines is 1. The summed E-state index contributed by atoms with van der Waals surface area (Å²) in [5.74, 6) is -0.906. The maximum atomic E-state index is 13.1. The van der Waals surface area contributed by atoms with Crippen LogP contribution < -0.4 is 11.1 Å². The minimum atomic E-state index is -0.425. The Balaban J connectivity index is 1.38. The van der Waals surface area contributed by atoms with E-state index in [1.165, 1.54) is 28.0 Å². The second-order valence-electron chi connectivity index (χ2n) is 6.57. The van der Waals surface area contributed by atoms with Gasteiger partial charge in [0.25, 0.3) is 0 Å². The summed E-state index contributed by atoms with van der Waals surface area (Å²) in [6, 6.07) is 13.3. The van der Waals surface area contributed by atoms with Crippen LogP contribution in [-0.2, 0) is 11.3 Å². The third-order valence-electron chi connectivity index (χ3n) is 4.52. The topological polar surface area (TPSA) is 77.1 Å². The number of nitrogens with one attached hydrogen (secondary N) is 1. The second-order valence-corrected chi connectivity index (χ2v) is 7.77. The molecule has 148 valence electrons. The average Bonchev–Trinajstić information content (AvgIpc) is 3.21. The molecule has 8 heteroatoms. The Morgan fingerprint density at radius 2 is 1.97 bits per heavy atom. The van der Waals surface area contributed by atoms with Crippen molar-refractivity contribution in [3.63, 3.8) is 0 Å². The SMILES string of the molecule is Cc1sc(NC(=O)CCCn2c(=O)oc3ccccc32)nc1-c1ccc(F)cc1. The number of carbonyl (C=O) groups excluding carboxylic acids is 1. The van der Waals surface area contributed by atoms with Gasteiger partial charge in [-0.2, -0.15) is 0 Å².